The van der Waals surface area contributed by atoms with Gasteiger partial charge in [-0.2, -0.15) is 0 Å². The predicted molar refractivity (Wildman–Crippen MR) is 105 cm³/mol. The van der Waals surface area contributed by atoms with E-state index in [1.807, 2.05) is 59.9 Å². The van der Waals surface area contributed by atoms with Crippen LogP contribution in [-0.4, -0.2) is 15.3 Å². The monoisotopic (exact) mass is 361 g/mol. The van der Waals surface area contributed by atoms with Gasteiger partial charge in [-0.1, -0.05) is 54.1 Å². The molecule has 2 heterocycles. The minimum absolute atomic E-state index is 0.227. The molecule has 0 spiro atoms. The number of hydrogen-bond acceptors (Lipinski definition) is 2. The summed E-state index contributed by atoms with van der Waals surface area (Å²) in [4.78, 5) is 17.5. The summed E-state index contributed by atoms with van der Waals surface area (Å²) >= 11 is 6.02. The third kappa shape index (κ3) is 2.95. The molecule has 128 valence electrons. The molecule has 0 saturated heterocycles. The van der Waals surface area contributed by atoms with E-state index in [0.29, 0.717) is 16.4 Å². The average molecular weight is 362 g/mol. The SMILES string of the molecule is Cc1cccc2nc(-c3ccccc3)c(NC(=O)c3cccc(Cl)c3)n12. The second-order valence-corrected chi connectivity index (χ2v) is 6.44. The molecular formula is C21H16ClN3O. The molecule has 2 aromatic heterocycles. The number of anilines is 1. The maximum Gasteiger partial charge on any atom is 0.256 e. The number of pyridine rings is 1. The molecule has 2 aromatic carbocycles. The summed E-state index contributed by atoms with van der Waals surface area (Å²) in [6.07, 6.45) is 0. The van der Waals surface area contributed by atoms with Crippen molar-refractivity contribution in [2.75, 3.05) is 5.32 Å². The van der Waals surface area contributed by atoms with Gasteiger partial charge in [-0.05, 0) is 37.3 Å². The van der Waals surface area contributed by atoms with Gasteiger partial charge < -0.3 is 5.32 Å². The highest BCUT2D eigenvalue weighted by molar-refractivity contribution is 6.31. The molecular weight excluding hydrogens is 346 g/mol. The molecule has 26 heavy (non-hydrogen) atoms. The highest BCUT2D eigenvalue weighted by Gasteiger charge is 2.18. The first-order chi connectivity index (χ1) is 12.6. The van der Waals surface area contributed by atoms with Gasteiger partial charge in [-0.15, -0.1) is 0 Å². The fourth-order valence-electron chi connectivity index (χ4n) is 2.98. The number of hydrogen-bond donors (Lipinski definition) is 1. The number of aryl methyl sites for hydroxylation is 1. The van der Waals surface area contributed by atoms with Gasteiger partial charge in [0, 0.05) is 21.8 Å². The van der Waals surface area contributed by atoms with Crippen LogP contribution in [0.2, 0.25) is 5.02 Å². The number of nitrogens with one attached hydrogen (secondary N) is 1. The van der Waals surface area contributed by atoms with Gasteiger partial charge in [0.05, 0.1) is 0 Å². The van der Waals surface area contributed by atoms with Crippen molar-refractivity contribution >= 4 is 29.0 Å². The lowest BCUT2D eigenvalue weighted by Crippen LogP contribution is -2.14. The third-order valence-corrected chi connectivity index (χ3v) is 4.44. The molecule has 4 nitrogen and oxygen atoms in total. The minimum Gasteiger partial charge on any atom is -0.306 e. The van der Waals surface area contributed by atoms with Crippen LogP contribution in [-0.2, 0) is 0 Å². The fraction of sp³-hybridized carbons (Fsp3) is 0.0476. The van der Waals surface area contributed by atoms with Crippen molar-refractivity contribution in [2.24, 2.45) is 0 Å². The number of carbonyl (C=O) groups excluding carboxylic acids is 1. The smallest absolute Gasteiger partial charge is 0.256 e. The van der Waals surface area contributed by atoms with E-state index in [0.717, 1.165) is 22.6 Å². The Morgan fingerprint density at radius 2 is 1.77 bits per heavy atom. The summed E-state index contributed by atoms with van der Waals surface area (Å²) in [5.41, 5.74) is 3.94. The Morgan fingerprint density at radius 3 is 2.54 bits per heavy atom. The molecule has 4 rings (SSSR count). The van der Waals surface area contributed by atoms with Gasteiger partial charge in [0.1, 0.15) is 17.2 Å². The van der Waals surface area contributed by atoms with Gasteiger partial charge in [0.25, 0.3) is 5.91 Å². The van der Waals surface area contributed by atoms with Crippen molar-refractivity contribution in [3.05, 3.63) is 89.1 Å². The van der Waals surface area contributed by atoms with Crippen molar-refractivity contribution in [2.45, 2.75) is 6.92 Å². The predicted octanol–water partition coefficient (Wildman–Crippen LogP) is 5.22. The van der Waals surface area contributed by atoms with E-state index in [4.69, 9.17) is 16.6 Å². The minimum atomic E-state index is -0.227. The number of imidazole rings is 1. The molecule has 0 atom stereocenters. The zero-order chi connectivity index (χ0) is 18.1. The number of halogens is 1. The van der Waals surface area contributed by atoms with Gasteiger partial charge in [0.2, 0.25) is 0 Å². The van der Waals surface area contributed by atoms with Gasteiger partial charge in [-0.3, -0.25) is 9.20 Å². The zero-order valence-electron chi connectivity index (χ0n) is 14.1. The second kappa shape index (κ2) is 6.65. The second-order valence-electron chi connectivity index (χ2n) is 6.00. The van der Waals surface area contributed by atoms with Crippen molar-refractivity contribution < 1.29 is 4.79 Å². The number of nitrogens with zero attached hydrogens (tertiary/aromatic N) is 2. The molecule has 4 aromatic rings. The van der Waals surface area contributed by atoms with E-state index < -0.39 is 0 Å². The maximum atomic E-state index is 12.8. The molecule has 5 heteroatoms. The summed E-state index contributed by atoms with van der Waals surface area (Å²) in [7, 11) is 0. The summed E-state index contributed by atoms with van der Waals surface area (Å²) in [6, 6.07) is 22.6. The van der Waals surface area contributed by atoms with Crippen molar-refractivity contribution in [3.8, 4) is 11.3 Å². The van der Waals surface area contributed by atoms with Crippen LogP contribution in [0, 0.1) is 6.92 Å². The molecule has 0 aliphatic rings. The third-order valence-electron chi connectivity index (χ3n) is 4.20. The normalized spacial score (nSPS) is 10.8. The van der Waals surface area contributed by atoms with Crippen molar-refractivity contribution in [3.63, 3.8) is 0 Å². The Labute approximate surface area is 156 Å². The largest absolute Gasteiger partial charge is 0.306 e. The van der Waals surface area contributed by atoms with Crippen LogP contribution in [0.25, 0.3) is 16.9 Å². The lowest BCUT2D eigenvalue weighted by atomic mass is 10.1. The lowest BCUT2D eigenvalue weighted by Gasteiger charge is -2.10. The Bertz CT molecular complexity index is 1100. The summed E-state index contributed by atoms with van der Waals surface area (Å²) in [5.74, 6) is 0.420. The standard InChI is InChI=1S/C21H16ClN3O/c1-14-7-5-12-18-23-19(15-8-3-2-4-9-15)20(25(14)18)24-21(26)16-10-6-11-17(22)13-16/h2-13H,1H3,(H,24,26). The number of carbonyl (C=O) groups is 1. The molecule has 0 unspecified atom stereocenters. The summed E-state index contributed by atoms with van der Waals surface area (Å²) < 4.78 is 1.95. The Kier molecular flexibility index (Phi) is 4.19. The Morgan fingerprint density at radius 1 is 1.00 bits per heavy atom. The molecule has 0 aliphatic heterocycles. The van der Waals surface area contributed by atoms with Crippen molar-refractivity contribution in [1.82, 2.24) is 9.38 Å². The van der Waals surface area contributed by atoms with E-state index in [2.05, 4.69) is 5.32 Å². The van der Waals surface area contributed by atoms with Gasteiger partial charge >= 0.3 is 0 Å². The van der Waals surface area contributed by atoms with E-state index in [9.17, 15) is 4.79 Å². The first kappa shape index (κ1) is 16.4. The highest BCUT2D eigenvalue weighted by Crippen LogP contribution is 2.30. The van der Waals surface area contributed by atoms with E-state index >= 15 is 0 Å². The summed E-state index contributed by atoms with van der Waals surface area (Å²) in [5, 5.41) is 3.54. The molecule has 1 amide bonds. The molecule has 0 aliphatic carbocycles. The number of benzene rings is 2. The van der Waals surface area contributed by atoms with Crippen molar-refractivity contribution in [1.29, 1.82) is 0 Å². The van der Waals surface area contributed by atoms with E-state index in [1.54, 1.807) is 24.3 Å². The molecule has 0 saturated carbocycles. The molecule has 0 bridgehead atoms. The Hall–Kier alpha value is -3.11. The van der Waals surface area contributed by atoms with Crippen LogP contribution in [0.1, 0.15) is 16.1 Å². The topological polar surface area (TPSA) is 46.4 Å². The number of fused-ring (bicyclic) bond motifs is 1. The van der Waals surface area contributed by atoms with Crippen LogP contribution < -0.4 is 5.32 Å². The fourth-order valence-corrected chi connectivity index (χ4v) is 3.17. The molecule has 1 N–H and O–H groups in total. The Balaban J connectivity index is 1.86. The number of rotatable bonds is 3. The van der Waals surface area contributed by atoms with Gasteiger partial charge in [-0.25, -0.2) is 4.98 Å². The summed E-state index contributed by atoms with van der Waals surface area (Å²) in [6.45, 7) is 1.98. The van der Waals surface area contributed by atoms with E-state index in [-0.39, 0.29) is 5.91 Å². The maximum absolute atomic E-state index is 12.8. The first-order valence-electron chi connectivity index (χ1n) is 8.24. The zero-order valence-corrected chi connectivity index (χ0v) is 14.9. The number of amides is 1. The van der Waals surface area contributed by atoms with Crippen LogP contribution in [0.4, 0.5) is 5.82 Å². The quantitative estimate of drug-likeness (QED) is 0.544. The average Bonchev–Trinajstić information content (AvgIpc) is 3.02. The lowest BCUT2D eigenvalue weighted by molar-refractivity contribution is 0.102. The van der Waals surface area contributed by atoms with Crippen LogP contribution in [0.5, 0.6) is 0 Å². The van der Waals surface area contributed by atoms with Gasteiger partial charge in [0.15, 0.2) is 0 Å². The first-order valence-corrected chi connectivity index (χ1v) is 8.62. The van der Waals surface area contributed by atoms with Crippen LogP contribution in [0.15, 0.2) is 72.8 Å². The molecule has 0 fully saturated rings. The molecule has 0 radical (unpaired) electrons. The number of aromatic nitrogens is 2. The van der Waals surface area contributed by atoms with Crippen LogP contribution >= 0.6 is 11.6 Å². The van der Waals surface area contributed by atoms with E-state index in [1.165, 1.54) is 0 Å². The highest BCUT2D eigenvalue weighted by atomic mass is 35.5. The van der Waals surface area contributed by atoms with Crippen LogP contribution in [0.3, 0.4) is 0 Å².